The molecule has 0 aliphatic rings. The summed E-state index contributed by atoms with van der Waals surface area (Å²) >= 11 is 3.05. The Balaban J connectivity index is 3.20. The maximum Gasteiger partial charge on any atom is 0.134 e. The van der Waals surface area contributed by atoms with Crippen molar-refractivity contribution in [2.24, 2.45) is 5.73 Å². The van der Waals surface area contributed by atoms with Crippen LogP contribution in [0.5, 0.6) is 5.75 Å². The first-order chi connectivity index (χ1) is 6.06. The summed E-state index contributed by atoms with van der Waals surface area (Å²) < 4.78 is 13.2. The van der Waals surface area contributed by atoms with Gasteiger partial charge in [-0.3, -0.25) is 0 Å². The first kappa shape index (κ1) is 10.5. The number of phenolic OH excluding ortho intramolecular Hbond substituents is 1. The van der Waals surface area contributed by atoms with Crippen LogP contribution >= 0.6 is 15.9 Å². The summed E-state index contributed by atoms with van der Waals surface area (Å²) in [6, 6.07) is 2.14. The third kappa shape index (κ3) is 2.19. The Morgan fingerprint density at radius 1 is 1.62 bits per heavy atom. The molecule has 4 heteroatoms. The second kappa shape index (κ2) is 4.07. The minimum absolute atomic E-state index is 0.0238. The van der Waals surface area contributed by atoms with Crippen LogP contribution in [0.1, 0.15) is 24.9 Å². The molecule has 1 aromatic carbocycles. The van der Waals surface area contributed by atoms with Gasteiger partial charge in [0, 0.05) is 11.6 Å². The zero-order valence-corrected chi connectivity index (χ0v) is 8.81. The smallest absolute Gasteiger partial charge is 0.134 e. The molecule has 0 unspecified atom stereocenters. The zero-order valence-electron chi connectivity index (χ0n) is 7.22. The van der Waals surface area contributed by atoms with Gasteiger partial charge in [0.1, 0.15) is 11.6 Å². The lowest BCUT2D eigenvalue weighted by atomic mass is 10.0. The van der Waals surface area contributed by atoms with Gasteiger partial charge in [-0.2, -0.15) is 0 Å². The average molecular weight is 248 g/mol. The SMILES string of the molecule is CC[C@@H](N)c1cc(F)cc(Br)c1O. The molecule has 0 saturated carbocycles. The second-order valence-corrected chi connectivity index (χ2v) is 3.69. The highest BCUT2D eigenvalue weighted by molar-refractivity contribution is 9.10. The van der Waals surface area contributed by atoms with E-state index in [1.807, 2.05) is 6.92 Å². The highest BCUT2D eigenvalue weighted by Gasteiger charge is 2.13. The number of nitrogens with two attached hydrogens (primary N) is 1. The van der Waals surface area contributed by atoms with Crippen molar-refractivity contribution in [1.82, 2.24) is 0 Å². The molecule has 3 N–H and O–H groups in total. The Morgan fingerprint density at radius 2 is 2.23 bits per heavy atom. The van der Waals surface area contributed by atoms with Crippen LogP contribution in [0.3, 0.4) is 0 Å². The largest absolute Gasteiger partial charge is 0.506 e. The van der Waals surface area contributed by atoms with Gasteiger partial charge in [-0.15, -0.1) is 0 Å². The van der Waals surface area contributed by atoms with Crippen LogP contribution in [-0.2, 0) is 0 Å². The van der Waals surface area contributed by atoms with Gasteiger partial charge in [0.05, 0.1) is 4.47 Å². The van der Waals surface area contributed by atoms with Gasteiger partial charge >= 0.3 is 0 Å². The van der Waals surface area contributed by atoms with E-state index in [9.17, 15) is 9.50 Å². The van der Waals surface area contributed by atoms with Crippen LogP contribution in [-0.4, -0.2) is 5.11 Å². The summed E-state index contributed by atoms with van der Waals surface area (Å²) in [4.78, 5) is 0. The van der Waals surface area contributed by atoms with Crippen LogP contribution in [0.25, 0.3) is 0 Å². The van der Waals surface area contributed by atoms with Gasteiger partial charge in [0.25, 0.3) is 0 Å². The minimum Gasteiger partial charge on any atom is -0.506 e. The Bertz CT molecular complexity index is 317. The van der Waals surface area contributed by atoms with Crippen molar-refractivity contribution in [3.8, 4) is 5.75 Å². The lowest BCUT2D eigenvalue weighted by Crippen LogP contribution is -2.09. The predicted octanol–water partition coefficient (Wildman–Crippen LogP) is 2.70. The number of hydrogen-bond donors (Lipinski definition) is 2. The third-order valence-corrected chi connectivity index (χ3v) is 2.50. The van der Waals surface area contributed by atoms with Crippen LogP contribution in [0.15, 0.2) is 16.6 Å². The second-order valence-electron chi connectivity index (χ2n) is 2.84. The highest BCUT2D eigenvalue weighted by Crippen LogP contribution is 2.32. The predicted molar refractivity (Wildman–Crippen MR) is 53.0 cm³/mol. The van der Waals surface area contributed by atoms with Crippen molar-refractivity contribution in [3.63, 3.8) is 0 Å². The third-order valence-electron chi connectivity index (χ3n) is 1.90. The average Bonchev–Trinajstić information content (AvgIpc) is 2.10. The molecule has 0 aliphatic heterocycles. The number of aromatic hydroxyl groups is 1. The summed E-state index contributed by atoms with van der Waals surface area (Å²) in [5.41, 5.74) is 6.12. The van der Waals surface area contributed by atoms with Crippen LogP contribution < -0.4 is 5.73 Å². The van der Waals surface area contributed by atoms with E-state index in [0.29, 0.717) is 16.5 Å². The Morgan fingerprint density at radius 3 is 2.77 bits per heavy atom. The molecule has 0 fully saturated rings. The van der Waals surface area contributed by atoms with E-state index < -0.39 is 5.82 Å². The van der Waals surface area contributed by atoms with Crippen molar-refractivity contribution >= 4 is 15.9 Å². The number of rotatable bonds is 2. The van der Waals surface area contributed by atoms with Gasteiger partial charge < -0.3 is 10.8 Å². The molecule has 13 heavy (non-hydrogen) atoms. The molecule has 1 rings (SSSR count). The molecule has 0 aliphatic carbocycles. The molecule has 0 saturated heterocycles. The van der Waals surface area contributed by atoms with Crippen LogP contribution in [0, 0.1) is 5.82 Å². The van der Waals surface area contributed by atoms with Gasteiger partial charge in [-0.25, -0.2) is 4.39 Å². The van der Waals surface area contributed by atoms with Crippen molar-refractivity contribution in [1.29, 1.82) is 0 Å². The van der Waals surface area contributed by atoms with Crippen molar-refractivity contribution in [3.05, 3.63) is 28.0 Å². The van der Waals surface area contributed by atoms with Gasteiger partial charge in [-0.1, -0.05) is 6.92 Å². The first-order valence-corrected chi connectivity index (χ1v) is 4.79. The van der Waals surface area contributed by atoms with E-state index in [1.54, 1.807) is 0 Å². The monoisotopic (exact) mass is 247 g/mol. The lowest BCUT2D eigenvalue weighted by molar-refractivity contribution is 0.453. The van der Waals surface area contributed by atoms with Gasteiger partial charge in [0.2, 0.25) is 0 Å². The topological polar surface area (TPSA) is 46.2 Å². The molecular weight excluding hydrogens is 237 g/mol. The van der Waals surface area contributed by atoms with Gasteiger partial charge in [0.15, 0.2) is 0 Å². The molecule has 1 aromatic rings. The Hall–Kier alpha value is -0.610. The molecule has 1 atom stereocenters. The molecule has 0 spiro atoms. The molecule has 2 nitrogen and oxygen atoms in total. The minimum atomic E-state index is -0.399. The number of benzene rings is 1. The van der Waals surface area contributed by atoms with E-state index >= 15 is 0 Å². The standard InChI is InChI=1S/C9H11BrFNO/c1-2-8(12)6-3-5(11)4-7(10)9(6)13/h3-4,8,13H,2,12H2,1H3/t8-/m1/s1. The molecule has 0 radical (unpaired) electrons. The molecule has 0 aromatic heterocycles. The summed E-state index contributed by atoms with van der Waals surface area (Å²) in [7, 11) is 0. The van der Waals surface area contributed by atoms with Crippen LogP contribution in [0.2, 0.25) is 0 Å². The van der Waals surface area contributed by atoms with E-state index in [1.165, 1.54) is 12.1 Å². The number of phenols is 1. The van der Waals surface area contributed by atoms with Crippen molar-refractivity contribution < 1.29 is 9.50 Å². The maximum atomic E-state index is 12.9. The summed E-state index contributed by atoms with van der Waals surface area (Å²) in [6.45, 7) is 1.88. The Labute approximate surface area is 84.7 Å². The number of hydrogen-bond acceptors (Lipinski definition) is 2. The summed E-state index contributed by atoms with van der Waals surface area (Å²) in [5, 5.41) is 9.53. The first-order valence-electron chi connectivity index (χ1n) is 3.99. The fourth-order valence-electron chi connectivity index (χ4n) is 1.09. The number of halogens is 2. The Kier molecular flexibility index (Phi) is 3.27. The van der Waals surface area contributed by atoms with E-state index in [2.05, 4.69) is 15.9 Å². The van der Waals surface area contributed by atoms with Crippen molar-refractivity contribution in [2.45, 2.75) is 19.4 Å². The molecule has 72 valence electrons. The normalized spacial score (nSPS) is 12.9. The van der Waals surface area contributed by atoms with Crippen LogP contribution in [0.4, 0.5) is 4.39 Å². The van der Waals surface area contributed by atoms with E-state index in [4.69, 9.17) is 5.73 Å². The quantitative estimate of drug-likeness (QED) is 0.845. The maximum absolute atomic E-state index is 12.9. The van der Waals surface area contributed by atoms with Crippen molar-refractivity contribution in [2.75, 3.05) is 0 Å². The van der Waals surface area contributed by atoms with Gasteiger partial charge in [-0.05, 0) is 34.5 Å². The summed E-state index contributed by atoms with van der Waals surface area (Å²) in [6.07, 6.45) is 0.656. The molecule has 0 amide bonds. The van der Waals surface area contributed by atoms with E-state index in [0.717, 1.165) is 0 Å². The fourth-order valence-corrected chi connectivity index (χ4v) is 1.54. The molecule has 0 heterocycles. The summed E-state index contributed by atoms with van der Waals surface area (Å²) in [5.74, 6) is -0.376. The fraction of sp³-hybridized carbons (Fsp3) is 0.333. The lowest BCUT2D eigenvalue weighted by Gasteiger charge is -2.12. The van der Waals surface area contributed by atoms with E-state index in [-0.39, 0.29) is 11.8 Å². The molecule has 0 bridgehead atoms. The zero-order chi connectivity index (χ0) is 10.0. The highest BCUT2D eigenvalue weighted by atomic mass is 79.9. The molecular formula is C9H11BrFNO.